The lowest BCUT2D eigenvalue weighted by molar-refractivity contribution is 0.889. The standard InChI is InChI=1S/C10H9BrClN3S/c1-15(5-7-2-3-16-6-7)9-8(11)4-13-10(12)14-9/h2-4,6H,5H2,1H3. The maximum Gasteiger partial charge on any atom is 0.224 e. The van der Waals surface area contributed by atoms with Crippen LogP contribution in [-0.2, 0) is 6.54 Å². The maximum atomic E-state index is 5.78. The maximum absolute atomic E-state index is 5.78. The second-order valence-corrected chi connectivity index (χ2v) is 5.27. The zero-order valence-electron chi connectivity index (χ0n) is 8.52. The van der Waals surface area contributed by atoms with Crippen molar-refractivity contribution in [2.75, 3.05) is 11.9 Å². The summed E-state index contributed by atoms with van der Waals surface area (Å²) < 4.78 is 0.842. The number of aromatic nitrogens is 2. The molecule has 0 radical (unpaired) electrons. The summed E-state index contributed by atoms with van der Waals surface area (Å²) in [5, 5.41) is 4.44. The van der Waals surface area contributed by atoms with E-state index in [4.69, 9.17) is 11.6 Å². The van der Waals surface area contributed by atoms with Crippen molar-refractivity contribution in [3.63, 3.8) is 0 Å². The Morgan fingerprint density at radius 1 is 1.56 bits per heavy atom. The Morgan fingerprint density at radius 3 is 3.06 bits per heavy atom. The minimum Gasteiger partial charge on any atom is -0.354 e. The van der Waals surface area contributed by atoms with E-state index in [1.165, 1.54) is 5.56 Å². The van der Waals surface area contributed by atoms with Gasteiger partial charge in [-0.2, -0.15) is 16.3 Å². The number of thiophene rings is 1. The molecule has 3 nitrogen and oxygen atoms in total. The minimum atomic E-state index is 0.260. The van der Waals surface area contributed by atoms with Crippen molar-refractivity contribution in [1.29, 1.82) is 0 Å². The summed E-state index contributed by atoms with van der Waals surface area (Å²) >= 11 is 10.9. The van der Waals surface area contributed by atoms with Crippen molar-refractivity contribution < 1.29 is 0 Å². The van der Waals surface area contributed by atoms with Gasteiger partial charge in [0, 0.05) is 19.8 Å². The minimum absolute atomic E-state index is 0.260. The first-order chi connectivity index (χ1) is 7.66. The number of anilines is 1. The molecule has 0 aliphatic heterocycles. The van der Waals surface area contributed by atoms with Crippen LogP contribution in [0.15, 0.2) is 27.5 Å². The predicted octanol–water partition coefficient (Wildman–Crippen LogP) is 3.59. The lowest BCUT2D eigenvalue weighted by Gasteiger charge is -2.18. The van der Waals surface area contributed by atoms with E-state index in [1.807, 2.05) is 11.9 Å². The monoisotopic (exact) mass is 317 g/mol. The number of hydrogen-bond acceptors (Lipinski definition) is 4. The zero-order chi connectivity index (χ0) is 11.5. The summed E-state index contributed by atoms with van der Waals surface area (Å²) in [6, 6.07) is 2.10. The molecular weight excluding hydrogens is 310 g/mol. The molecule has 2 aromatic rings. The first kappa shape index (κ1) is 11.8. The summed E-state index contributed by atoms with van der Waals surface area (Å²) in [7, 11) is 1.97. The summed E-state index contributed by atoms with van der Waals surface area (Å²) in [5.41, 5.74) is 1.26. The smallest absolute Gasteiger partial charge is 0.224 e. The van der Waals surface area contributed by atoms with E-state index in [2.05, 4.69) is 42.7 Å². The molecule has 0 aliphatic carbocycles. The highest BCUT2D eigenvalue weighted by molar-refractivity contribution is 9.10. The van der Waals surface area contributed by atoms with Crippen molar-refractivity contribution in [2.24, 2.45) is 0 Å². The molecule has 6 heteroatoms. The molecule has 2 aromatic heterocycles. The van der Waals surface area contributed by atoms with Crippen molar-refractivity contribution in [2.45, 2.75) is 6.54 Å². The topological polar surface area (TPSA) is 29.0 Å². The van der Waals surface area contributed by atoms with Gasteiger partial charge in [0.05, 0.1) is 4.47 Å². The number of rotatable bonds is 3. The van der Waals surface area contributed by atoms with E-state index in [1.54, 1.807) is 17.5 Å². The number of nitrogens with zero attached hydrogens (tertiary/aromatic N) is 3. The molecule has 0 unspecified atom stereocenters. The molecule has 0 N–H and O–H groups in total. The molecule has 0 saturated heterocycles. The van der Waals surface area contributed by atoms with Gasteiger partial charge in [-0.25, -0.2) is 4.98 Å². The van der Waals surface area contributed by atoms with Crippen molar-refractivity contribution in [3.05, 3.63) is 38.3 Å². The third kappa shape index (κ3) is 2.72. The van der Waals surface area contributed by atoms with E-state index in [9.17, 15) is 0 Å². The Hall–Kier alpha value is -0.650. The van der Waals surface area contributed by atoms with Gasteiger partial charge in [-0.1, -0.05) is 0 Å². The third-order valence-corrected chi connectivity index (χ3v) is 3.53. The molecular formula is C10H9BrClN3S. The van der Waals surface area contributed by atoms with Crippen LogP contribution in [0.25, 0.3) is 0 Å². The fourth-order valence-electron chi connectivity index (χ4n) is 1.34. The Kier molecular flexibility index (Phi) is 3.78. The summed E-state index contributed by atoms with van der Waals surface area (Å²) in [4.78, 5) is 10.1. The van der Waals surface area contributed by atoms with Gasteiger partial charge >= 0.3 is 0 Å². The van der Waals surface area contributed by atoms with Crippen LogP contribution in [0.1, 0.15) is 5.56 Å². The average Bonchev–Trinajstić information content (AvgIpc) is 2.74. The predicted molar refractivity (Wildman–Crippen MR) is 71.2 cm³/mol. The molecule has 0 spiro atoms. The Labute approximate surface area is 111 Å². The van der Waals surface area contributed by atoms with Crippen molar-refractivity contribution in [3.8, 4) is 0 Å². The fourth-order valence-corrected chi connectivity index (χ4v) is 2.62. The van der Waals surface area contributed by atoms with Gasteiger partial charge in [-0.15, -0.1) is 0 Å². The molecule has 0 saturated carbocycles. The van der Waals surface area contributed by atoms with Crippen LogP contribution in [0.4, 0.5) is 5.82 Å². The van der Waals surface area contributed by atoms with Gasteiger partial charge in [0.25, 0.3) is 0 Å². The second-order valence-electron chi connectivity index (χ2n) is 3.30. The van der Waals surface area contributed by atoms with E-state index in [0.717, 1.165) is 16.8 Å². The molecule has 2 heterocycles. The first-order valence-electron chi connectivity index (χ1n) is 4.57. The zero-order valence-corrected chi connectivity index (χ0v) is 11.7. The highest BCUT2D eigenvalue weighted by Crippen LogP contribution is 2.24. The lowest BCUT2D eigenvalue weighted by atomic mass is 10.3. The van der Waals surface area contributed by atoms with Gasteiger partial charge in [0.15, 0.2) is 0 Å². The van der Waals surface area contributed by atoms with Gasteiger partial charge in [-0.3, -0.25) is 0 Å². The normalized spacial score (nSPS) is 10.4. The molecule has 2 rings (SSSR count). The molecule has 0 atom stereocenters. The first-order valence-corrected chi connectivity index (χ1v) is 6.68. The van der Waals surface area contributed by atoms with Gasteiger partial charge in [-0.05, 0) is 49.9 Å². The van der Waals surface area contributed by atoms with Gasteiger partial charge < -0.3 is 4.90 Å². The second kappa shape index (κ2) is 5.12. The summed E-state index contributed by atoms with van der Waals surface area (Å²) in [6.07, 6.45) is 1.66. The van der Waals surface area contributed by atoms with Crippen LogP contribution < -0.4 is 4.90 Å². The fraction of sp³-hybridized carbons (Fsp3) is 0.200. The number of hydrogen-bond donors (Lipinski definition) is 0. The van der Waals surface area contributed by atoms with E-state index < -0.39 is 0 Å². The molecule has 0 fully saturated rings. The molecule has 0 bridgehead atoms. The molecule has 0 aromatic carbocycles. The number of halogens is 2. The van der Waals surface area contributed by atoms with Gasteiger partial charge in [0.2, 0.25) is 5.28 Å². The average molecular weight is 319 g/mol. The van der Waals surface area contributed by atoms with E-state index in [-0.39, 0.29) is 5.28 Å². The largest absolute Gasteiger partial charge is 0.354 e. The van der Waals surface area contributed by atoms with Crippen molar-refractivity contribution in [1.82, 2.24) is 9.97 Å². The Morgan fingerprint density at radius 2 is 2.38 bits per heavy atom. The van der Waals surface area contributed by atoms with Crippen LogP contribution in [0.3, 0.4) is 0 Å². The lowest BCUT2D eigenvalue weighted by Crippen LogP contribution is -2.18. The quantitative estimate of drug-likeness (QED) is 0.810. The summed E-state index contributed by atoms with van der Waals surface area (Å²) in [6.45, 7) is 0.801. The molecule has 0 aliphatic rings. The molecule has 84 valence electrons. The highest BCUT2D eigenvalue weighted by atomic mass is 79.9. The molecule has 0 amide bonds. The van der Waals surface area contributed by atoms with E-state index in [0.29, 0.717) is 0 Å². The highest BCUT2D eigenvalue weighted by Gasteiger charge is 2.09. The summed E-state index contributed by atoms with van der Waals surface area (Å²) in [5.74, 6) is 0.797. The van der Waals surface area contributed by atoms with Gasteiger partial charge in [0.1, 0.15) is 5.82 Å². The third-order valence-electron chi connectivity index (χ3n) is 2.06. The Bertz CT molecular complexity index is 475. The van der Waals surface area contributed by atoms with Crippen LogP contribution in [0.2, 0.25) is 5.28 Å². The molecule has 16 heavy (non-hydrogen) atoms. The van der Waals surface area contributed by atoms with Crippen LogP contribution in [0.5, 0.6) is 0 Å². The van der Waals surface area contributed by atoms with Crippen LogP contribution >= 0.6 is 38.9 Å². The van der Waals surface area contributed by atoms with Crippen molar-refractivity contribution >= 4 is 44.7 Å². The SMILES string of the molecule is CN(Cc1ccsc1)c1nc(Cl)ncc1Br. The van der Waals surface area contributed by atoms with Crippen LogP contribution in [0, 0.1) is 0 Å². The Balaban J connectivity index is 2.20. The van der Waals surface area contributed by atoms with Crippen LogP contribution in [-0.4, -0.2) is 17.0 Å². The van der Waals surface area contributed by atoms with E-state index >= 15 is 0 Å².